The minimum Gasteiger partial charge on any atom is -0.460 e. The van der Waals surface area contributed by atoms with Gasteiger partial charge in [0.2, 0.25) is 0 Å². The first-order chi connectivity index (χ1) is 25.7. The molecule has 4 atom stereocenters. The van der Waals surface area contributed by atoms with Crippen molar-refractivity contribution in [1.29, 1.82) is 0 Å². The summed E-state index contributed by atoms with van der Waals surface area (Å²) < 4.78 is 27.4. The minimum atomic E-state index is -1.80. The lowest BCUT2D eigenvalue weighted by Gasteiger charge is -2.34. The molecule has 0 spiro atoms. The lowest BCUT2D eigenvalue weighted by atomic mass is 9.95. The maximum absolute atomic E-state index is 13.8. The van der Waals surface area contributed by atoms with Gasteiger partial charge in [0, 0.05) is 0 Å². The molecule has 0 aliphatic heterocycles. The predicted molar refractivity (Wildman–Crippen MR) is 190 cm³/mol. The Morgan fingerprint density at radius 3 is 1.11 bits per heavy atom. The Balaban J connectivity index is 1.77. The fraction of sp³-hybridized carbons (Fsp3) is 0.250. The zero-order chi connectivity index (χ0) is 38.0. The molecule has 0 saturated carbocycles. The molecule has 276 valence electrons. The molecule has 2 amide bonds. The van der Waals surface area contributed by atoms with E-state index in [1.807, 2.05) is 0 Å². The van der Waals surface area contributed by atoms with Crippen molar-refractivity contribution in [2.75, 3.05) is 13.2 Å². The first-order valence-electron chi connectivity index (χ1n) is 16.8. The number of benzene rings is 4. The molecule has 0 aromatic heterocycles. The topological polar surface area (TPSA) is 173 Å². The van der Waals surface area contributed by atoms with Gasteiger partial charge >= 0.3 is 24.1 Å². The van der Waals surface area contributed by atoms with E-state index in [4.69, 9.17) is 23.7 Å². The van der Waals surface area contributed by atoms with Gasteiger partial charge in [0.1, 0.15) is 37.5 Å². The van der Waals surface area contributed by atoms with Crippen LogP contribution in [-0.2, 0) is 56.1 Å². The molecule has 2 N–H and O–H groups in total. The number of alkyl carbamates (subject to hydrolysis) is 2. The van der Waals surface area contributed by atoms with Crippen molar-refractivity contribution >= 4 is 35.7 Å². The molecular weight excluding hydrogens is 684 g/mol. The van der Waals surface area contributed by atoms with Gasteiger partial charge in [-0.05, 0) is 36.1 Å². The molecule has 13 heteroatoms. The largest absolute Gasteiger partial charge is 0.460 e. The van der Waals surface area contributed by atoms with Crippen LogP contribution >= 0.6 is 0 Å². The first kappa shape index (κ1) is 39.4. The van der Waals surface area contributed by atoms with Crippen molar-refractivity contribution in [2.45, 2.75) is 51.4 Å². The summed E-state index contributed by atoms with van der Waals surface area (Å²) in [6, 6.07) is 30.1. The van der Waals surface area contributed by atoms with Crippen molar-refractivity contribution in [2.24, 2.45) is 0 Å². The van der Waals surface area contributed by atoms with Crippen LogP contribution in [0, 0.1) is 0 Å². The highest BCUT2D eigenvalue weighted by Gasteiger charge is 2.43. The molecule has 4 unspecified atom stereocenters. The maximum Gasteiger partial charge on any atom is 0.408 e. The third-order valence-corrected chi connectivity index (χ3v) is 7.65. The number of ketones is 2. The number of hydrogen-bond acceptors (Lipinski definition) is 11. The van der Waals surface area contributed by atoms with Crippen molar-refractivity contribution in [3.05, 3.63) is 144 Å². The second-order valence-electron chi connectivity index (χ2n) is 11.3. The number of Topliss-reactive ketones (excluding diaryl/α,β-unsaturated/α-hetero) is 2. The smallest absolute Gasteiger partial charge is 0.408 e. The number of nitrogens with one attached hydrogen (secondary N) is 2. The summed E-state index contributed by atoms with van der Waals surface area (Å²) in [5, 5.41) is 4.89. The van der Waals surface area contributed by atoms with Crippen LogP contribution in [-0.4, -0.2) is 61.0 Å². The minimum absolute atomic E-state index is 0.148. The zero-order valence-corrected chi connectivity index (χ0v) is 29.2. The van der Waals surface area contributed by atoms with Gasteiger partial charge in [-0.3, -0.25) is 9.59 Å². The van der Waals surface area contributed by atoms with Gasteiger partial charge in [0.15, 0.2) is 0 Å². The third-order valence-electron chi connectivity index (χ3n) is 7.65. The third kappa shape index (κ3) is 11.9. The summed E-state index contributed by atoms with van der Waals surface area (Å²) in [7, 11) is 0. The predicted octanol–water partition coefficient (Wildman–Crippen LogP) is 5.34. The van der Waals surface area contributed by atoms with Crippen LogP contribution in [0.4, 0.5) is 9.59 Å². The molecule has 13 nitrogen and oxygen atoms in total. The monoisotopic (exact) mass is 724 g/mol. The van der Waals surface area contributed by atoms with Crippen molar-refractivity contribution < 1.29 is 52.5 Å². The summed E-state index contributed by atoms with van der Waals surface area (Å²) in [5.74, 6) is -4.95. The molecule has 0 heterocycles. The Hall–Kier alpha value is -6.34. The van der Waals surface area contributed by atoms with Gasteiger partial charge < -0.3 is 34.3 Å². The molecule has 53 heavy (non-hydrogen) atoms. The Morgan fingerprint density at radius 2 is 0.792 bits per heavy atom. The van der Waals surface area contributed by atoms with Crippen LogP contribution in [0.15, 0.2) is 121 Å². The molecular formula is C40H40N2O11. The maximum atomic E-state index is 13.8. The van der Waals surface area contributed by atoms with Crippen LogP contribution in [0.25, 0.3) is 0 Å². The van der Waals surface area contributed by atoms with Crippen molar-refractivity contribution in [1.82, 2.24) is 10.6 Å². The molecule has 0 aliphatic carbocycles. The second kappa shape index (κ2) is 20.5. The van der Waals surface area contributed by atoms with E-state index in [1.54, 1.807) is 121 Å². The van der Waals surface area contributed by atoms with E-state index in [0.717, 1.165) is 0 Å². The van der Waals surface area contributed by atoms with E-state index in [0.29, 0.717) is 11.1 Å². The van der Waals surface area contributed by atoms with E-state index < -0.39 is 60.0 Å². The number of ether oxygens (including phenoxy) is 5. The SMILES string of the molecule is CCOC(=O)C(=O)C(NC(=O)OCc1ccccc1)C(OC(c1ccccc1)C(NC(=O)OCc1ccccc1)C(=O)C(=O)OCC)c1ccccc1. The Morgan fingerprint density at radius 1 is 0.472 bits per heavy atom. The van der Waals surface area contributed by atoms with Crippen molar-refractivity contribution in [3.8, 4) is 0 Å². The summed E-state index contributed by atoms with van der Waals surface area (Å²) >= 11 is 0. The molecule has 4 aromatic carbocycles. The summed E-state index contributed by atoms with van der Waals surface area (Å²) in [5.41, 5.74) is 1.85. The zero-order valence-electron chi connectivity index (χ0n) is 29.2. The van der Waals surface area contributed by atoms with Gasteiger partial charge in [-0.25, -0.2) is 19.2 Å². The fourth-order valence-electron chi connectivity index (χ4n) is 5.14. The van der Waals surface area contributed by atoms with E-state index >= 15 is 0 Å². The van der Waals surface area contributed by atoms with Crippen LogP contribution in [0.5, 0.6) is 0 Å². The van der Waals surface area contributed by atoms with Gasteiger partial charge in [-0.1, -0.05) is 121 Å². The lowest BCUT2D eigenvalue weighted by molar-refractivity contribution is -0.159. The molecule has 0 aliphatic rings. The van der Waals surface area contributed by atoms with Gasteiger partial charge in [-0.15, -0.1) is 0 Å². The molecule has 4 aromatic rings. The van der Waals surface area contributed by atoms with Gasteiger partial charge in [0.05, 0.1) is 13.2 Å². The molecule has 0 fully saturated rings. The highest BCUT2D eigenvalue weighted by Crippen LogP contribution is 2.33. The normalized spacial score (nSPS) is 12.9. The molecule has 4 rings (SSSR count). The van der Waals surface area contributed by atoms with Crippen LogP contribution in [0.1, 0.15) is 48.3 Å². The summed E-state index contributed by atoms with van der Waals surface area (Å²) in [4.78, 5) is 80.1. The summed E-state index contributed by atoms with van der Waals surface area (Å²) in [6.45, 7) is 2.39. The molecule has 0 bridgehead atoms. The number of rotatable bonds is 18. The second-order valence-corrected chi connectivity index (χ2v) is 11.3. The van der Waals surface area contributed by atoms with Crippen LogP contribution in [0.3, 0.4) is 0 Å². The Bertz CT molecular complexity index is 1670. The number of carbonyl (C=O) groups is 6. The number of amides is 2. The highest BCUT2D eigenvalue weighted by atomic mass is 16.6. The van der Waals surface area contributed by atoms with Gasteiger partial charge in [0.25, 0.3) is 11.6 Å². The van der Waals surface area contributed by atoms with E-state index in [1.165, 1.54) is 13.8 Å². The number of esters is 2. The fourth-order valence-corrected chi connectivity index (χ4v) is 5.14. The van der Waals surface area contributed by atoms with E-state index in [9.17, 15) is 28.8 Å². The first-order valence-corrected chi connectivity index (χ1v) is 16.8. The highest BCUT2D eigenvalue weighted by molar-refractivity contribution is 6.36. The van der Waals surface area contributed by atoms with E-state index in [2.05, 4.69) is 10.6 Å². The van der Waals surface area contributed by atoms with E-state index in [-0.39, 0.29) is 37.6 Å². The van der Waals surface area contributed by atoms with Gasteiger partial charge in [-0.2, -0.15) is 0 Å². The Kier molecular flexibility index (Phi) is 15.3. The summed E-state index contributed by atoms with van der Waals surface area (Å²) in [6.07, 6.45) is -5.22. The van der Waals surface area contributed by atoms with Crippen LogP contribution in [0.2, 0.25) is 0 Å². The molecule has 0 saturated heterocycles. The average molecular weight is 725 g/mol. The number of hydrogen-bond donors (Lipinski definition) is 2. The van der Waals surface area contributed by atoms with Crippen LogP contribution < -0.4 is 10.6 Å². The molecule has 0 radical (unpaired) electrons. The Labute approximate surface area is 306 Å². The lowest BCUT2D eigenvalue weighted by Crippen LogP contribution is -2.52. The average Bonchev–Trinajstić information content (AvgIpc) is 3.19. The standard InChI is InChI=1S/C40H40N2O11/c1-3-49-37(45)33(43)31(41-39(47)51-25-27-17-9-5-10-18-27)35(29-21-13-7-14-22-29)53-36(30-23-15-8-16-24-30)32(34(44)38(46)50-4-2)42-40(48)52-26-28-19-11-6-12-20-28/h5-24,31-32,35-36H,3-4,25-26H2,1-2H3,(H,41,47)(H,42,48). The number of carbonyl (C=O) groups excluding carboxylic acids is 6. The van der Waals surface area contributed by atoms with Crippen molar-refractivity contribution in [3.63, 3.8) is 0 Å². The quantitative estimate of drug-likeness (QED) is 0.0771.